The first-order valence-corrected chi connectivity index (χ1v) is 6.92. The number of hydrogen-bond acceptors (Lipinski definition) is 2. The Kier molecular flexibility index (Phi) is 4.56. The summed E-state index contributed by atoms with van der Waals surface area (Å²) in [5, 5.41) is 11.6. The van der Waals surface area contributed by atoms with E-state index in [9.17, 15) is 9.59 Å². The molecular formula is C16H19NO3. The maximum Gasteiger partial charge on any atom is 0.328 e. The summed E-state index contributed by atoms with van der Waals surface area (Å²) < 4.78 is 0. The van der Waals surface area contributed by atoms with Crippen LogP contribution in [0.2, 0.25) is 0 Å². The van der Waals surface area contributed by atoms with E-state index in [1.807, 2.05) is 0 Å². The Morgan fingerprint density at radius 3 is 2.65 bits per heavy atom. The molecule has 1 saturated carbocycles. The molecule has 0 bridgehead atoms. The number of benzene rings is 1. The van der Waals surface area contributed by atoms with Crippen LogP contribution in [0.5, 0.6) is 0 Å². The van der Waals surface area contributed by atoms with E-state index in [-0.39, 0.29) is 5.91 Å². The van der Waals surface area contributed by atoms with Crippen LogP contribution in [0.25, 0.3) is 6.08 Å². The summed E-state index contributed by atoms with van der Waals surface area (Å²) in [5.41, 5.74) is 1.37. The zero-order valence-electron chi connectivity index (χ0n) is 11.5. The second kappa shape index (κ2) is 6.37. The average molecular weight is 273 g/mol. The van der Waals surface area contributed by atoms with Crippen LogP contribution in [0, 0.1) is 5.92 Å². The van der Waals surface area contributed by atoms with E-state index in [0.29, 0.717) is 17.5 Å². The number of rotatable bonds is 6. The highest BCUT2D eigenvalue weighted by Gasteiger charge is 2.37. The zero-order valence-corrected chi connectivity index (χ0v) is 11.5. The molecule has 0 spiro atoms. The Balaban J connectivity index is 1.90. The van der Waals surface area contributed by atoms with Crippen LogP contribution in [0.15, 0.2) is 30.3 Å². The topological polar surface area (TPSA) is 66.4 Å². The van der Waals surface area contributed by atoms with Gasteiger partial charge in [0.1, 0.15) is 0 Å². The summed E-state index contributed by atoms with van der Waals surface area (Å²) in [6.45, 7) is 2.15. The molecule has 1 aliphatic carbocycles. The number of carbonyl (C=O) groups excluding carboxylic acids is 1. The molecule has 1 fully saturated rings. The van der Waals surface area contributed by atoms with Crippen molar-refractivity contribution in [2.75, 3.05) is 0 Å². The van der Waals surface area contributed by atoms with E-state index >= 15 is 0 Å². The Labute approximate surface area is 118 Å². The second-order valence-corrected chi connectivity index (χ2v) is 5.16. The van der Waals surface area contributed by atoms with Gasteiger partial charge in [0, 0.05) is 17.7 Å². The standard InChI is InChI=1S/C16H19NO3/c1-2-3-13-10-14(13)17-16(20)12-7-4-11(5-8-12)6-9-15(18)19/h4-9,13-14H,2-3,10H2,1H3,(H,17,20)(H,18,19)/b9-6+. The van der Waals surface area contributed by atoms with Crippen molar-refractivity contribution in [3.05, 3.63) is 41.5 Å². The predicted molar refractivity (Wildman–Crippen MR) is 77.4 cm³/mol. The third-order valence-corrected chi connectivity index (χ3v) is 3.49. The van der Waals surface area contributed by atoms with Crippen LogP contribution in [0.4, 0.5) is 0 Å². The Hall–Kier alpha value is -2.10. The molecule has 1 aromatic carbocycles. The molecule has 0 aliphatic heterocycles. The van der Waals surface area contributed by atoms with Crippen molar-refractivity contribution in [2.24, 2.45) is 5.92 Å². The van der Waals surface area contributed by atoms with E-state index in [1.165, 1.54) is 12.5 Å². The summed E-state index contributed by atoms with van der Waals surface area (Å²) >= 11 is 0. The number of carboxylic acid groups (broad SMARTS) is 1. The van der Waals surface area contributed by atoms with Crippen LogP contribution in [0.3, 0.4) is 0 Å². The van der Waals surface area contributed by atoms with Gasteiger partial charge < -0.3 is 10.4 Å². The summed E-state index contributed by atoms with van der Waals surface area (Å²) in [6, 6.07) is 7.24. The smallest absolute Gasteiger partial charge is 0.328 e. The lowest BCUT2D eigenvalue weighted by Crippen LogP contribution is -2.26. The Morgan fingerprint density at radius 2 is 2.05 bits per heavy atom. The summed E-state index contributed by atoms with van der Waals surface area (Å²) in [4.78, 5) is 22.4. The molecule has 2 atom stereocenters. The van der Waals surface area contributed by atoms with Crippen molar-refractivity contribution in [1.82, 2.24) is 5.32 Å². The molecule has 2 unspecified atom stereocenters. The molecule has 4 nitrogen and oxygen atoms in total. The van der Waals surface area contributed by atoms with Crippen molar-refractivity contribution in [1.29, 1.82) is 0 Å². The minimum absolute atomic E-state index is 0.0534. The number of carbonyl (C=O) groups is 2. The normalized spacial score (nSPS) is 20.9. The molecule has 1 amide bonds. The summed E-state index contributed by atoms with van der Waals surface area (Å²) in [7, 11) is 0. The first-order chi connectivity index (χ1) is 9.60. The van der Waals surface area contributed by atoms with Gasteiger partial charge in [0.05, 0.1) is 0 Å². The minimum Gasteiger partial charge on any atom is -0.478 e. The van der Waals surface area contributed by atoms with Crippen molar-refractivity contribution in [3.8, 4) is 0 Å². The quantitative estimate of drug-likeness (QED) is 0.783. The lowest BCUT2D eigenvalue weighted by molar-refractivity contribution is -0.131. The fraction of sp³-hybridized carbons (Fsp3) is 0.375. The minimum atomic E-state index is -0.984. The molecule has 106 valence electrons. The Bertz CT molecular complexity index is 519. The molecule has 0 radical (unpaired) electrons. The van der Waals surface area contributed by atoms with Crippen molar-refractivity contribution >= 4 is 18.0 Å². The molecule has 4 heteroatoms. The highest BCUT2D eigenvalue weighted by atomic mass is 16.4. The average Bonchev–Trinajstić information content (AvgIpc) is 3.15. The monoisotopic (exact) mass is 273 g/mol. The molecule has 0 saturated heterocycles. The van der Waals surface area contributed by atoms with Gasteiger partial charge in [-0.1, -0.05) is 25.5 Å². The largest absolute Gasteiger partial charge is 0.478 e. The van der Waals surface area contributed by atoms with Gasteiger partial charge in [-0.15, -0.1) is 0 Å². The van der Waals surface area contributed by atoms with E-state index in [1.54, 1.807) is 24.3 Å². The van der Waals surface area contributed by atoms with Gasteiger partial charge in [-0.2, -0.15) is 0 Å². The van der Waals surface area contributed by atoms with Gasteiger partial charge >= 0.3 is 5.97 Å². The molecule has 2 N–H and O–H groups in total. The molecule has 2 rings (SSSR count). The number of amides is 1. The number of carboxylic acids is 1. The van der Waals surface area contributed by atoms with E-state index in [2.05, 4.69) is 12.2 Å². The van der Waals surface area contributed by atoms with Gasteiger partial charge in [-0.3, -0.25) is 4.79 Å². The van der Waals surface area contributed by atoms with E-state index in [0.717, 1.165) is 24.5 Å². The fourth-order valence-corrected chi connectivity index (χ4v) is 2.28. The SMILES string of the molecule is CCCC1CC1NC(=O)c1ccc(/C=C/C(=O)O)cc1. The molecule has 1 aromatic rings. The second-order valence-electron chi connectivity index (χ2n) is 5.16. The van der Waals surface area contributed by atoms with Crippen LogP contribution in [-0.4, -0.2) is 23.0 Å². The maximum absolute atomic E-state index is 12.0. The maximum atomic E-state index is 12.0. The van der Waals surface area contributed by atoms with Crippen LogP contribution in [0.1, 0.15) is 42.1 Å². The number of hydrogen-bond donors (Lipinski definition) is 2. The molecule has 0 heterocycles. The van der Waals surface area contributed by atoms with Crippen molar-refractivity contribution < 1.29 is 14.7 Å². The van der Waals surface area contributed by atoms with Gasteiger partial charge in [-0.25, -0.2) is 4.79 Å². The lowest BCUT2D eigenvalue weighted by Gasteiger charge is -2.04. The van der Waals surface area contributed by atoms with Crippen LogP contribution >= 0.6 is 0 Å². The summed E-state index contributed by atoms with van der Waals surface area (Å²) in [6.07, 6.45) is 5.99. The molecule has 0 aromatic heterocycles. The van der Waals surface area contributed by atoms with Crippen molar-refractivity contribution in [2.45, 2.75) is 32.2 Å². The fourth-order valence-electron chi connectivity index (χ4n) is 2.28. The highest BCUT2D eigenvalue weighted by Crippen LogP contribution is 2.34. The van der Waals surface area contributed by atoms with Gasteiger partial charge in [0.2, 0.25) is 0 Å². The highest BCUT2D eigenvalue weighted by molar-refractivity contribution is 5.95. The molecule has 20 heavy (non-hydrogen) atoms. The first kappa shape index (κ1) is 14.3. The third kappa shape index (κ3) is 3.95. The number of nitrogens with one attached hydrogen (secondary N) is 1. The van der Waals surface area contributed by atoms with Crippen molar-refractivity contribution in [3.63, 3.8) is 0 Å². The predicted octanol–water partition coefficient (Wildman–Crippen LogP) is 2.70. The Morgan fingerprint density at radius 1 is 1.35 bits per heavy atom. The van der Waals surface area contributed by atoms with Gasteiger partial charge in [0.25, 0.3) is 5.91 Å². The zero-order chi connectivity index (χ0) is 14.5. The molecule has 1 aliphatic rings. The molecular weight excluding hydrogens is 254 g/mol. The first-order valence-electron chi connectivity index (χ1n) is 6.92. The van der Waals surface area contributed by atoms with Gasteiger partial charge in [0.15, 0.2) is 0 Å². The van der Waals surface area contributed by atoms with Gasteiger partial charge in [-0.05, 0) is 42.5 Å². The van der Waals surface area contributed by atoms with Crippen LogP contribution < -0.4 is 5.32 Å². The van der Waals surface area contributed by atoms with E-state index in [4.69, 9.17) is 5.11 Å². The lowest BCUT2D eigenvalue weighted by atomic mass is 10.1. The summed E-state index contributed by atoms with van der Waals surface area (Å²) in [5.74, 6) is -0.397. The van der Waals surface area contributed by atoms with E-state index < -0.39 is 5.97 Å². The van der Waals surface area contributed by atoms with Crippen LogP contribution in [-0.2, 0) is 4.79 Å². The number of aliphatic carboxylic acids is 1. The third-order valence-electron chi connectivity index (χ3n) is 3.49.